The molecule has 2 rings (SSSR count). The van der Waals surface area contributed by atoms with Gasteiger partial charge in [-0.2, -0.15) is 0 Å². The molecule has 0 atom stereocenters. The molecule has 0 saturated heterocycles. The molecule has 25 heavy (non-hydrogen) atoms. The highest BCUT2D eigenvalue weighted by atomic mass is 15.1. The third-order valence-electron chi connectivity index (χ3n) is 3.24. The zero-order chi connectivity index (χ0) is 18.7. The minimum atomic E-state index is 0.522. The van der Waals surface area contributed by atoms with E-state index in [2.05, 4.69) is 37.2 Å². The molecule has 0 unspecified atom stereocenters. The van der Waals surface area contributed by atoms with E-state index in [1.54, 1.807) is 7.05 Å². The van der Waals surface area contributed by atoms with E-state index in [0.717, 1.165) is 34.0 Å². The van der Waals surface area contributed by atoms with Gasteiger partial charge in [-0.3, -0.25) is 4.99 Å². The van der Waals surface area contributed by atoms with Crippen LogP contribution in [0.4, 0.5) is 5.82 Å². The second-order valence-corrected chi connectivity index (χ2v) is 5.00. The normalized spacial score (nSPS) is 12.0. The van der Waals surface area contributed by atoms with Gasteiger partial charge >= 0.3 is 0 Å². The number of rotatable bonds is 6. The van der Waals surface area contributed by atoms with Crippen LogP contribution in [0.25, 0.3) is 11.0 Å². The Balaban J connectivity index is 0.00000151. The first kappa shape index (κ1) is 20.2. The van der Waals surface area contributed by atoms with Crippen LogP contribution in [0.2, 0.25) is 0 Å². The monoisotopic (exact) mass is 340 g/mol. The molecule has 0 aliphatic heterocycles. The van der Waals surface area contributed by atoms with Gasteiger partial charge in [-0.15, -0.1) is 0 Å². The molecule has 0 fully saturated rings. The first-order valence-electron chi connectivity index (χ1n) is 8.39. The molecular weight excluding hydrogens is 312 g/mol. The molecule has 6 heteroatoms. The van der Waals surface area contributed by atoms with Gasteiger partial charge < -0.3 is 15.6 Å². The Morgan fingerprint density at radius 3 is 2.76 bits per heavy atom. The van der Waals surface area contributed by atoms with E-state index in [9.17, 15) is 0 Å². The Morgan fingerprint density at radius 2 is 2.12 bits per heavy atom. The number of H-pyrrole nitrogens is 1. The highest BCUT2D eigenvalue weighted by molar-refractivity contribution is 5.92. The zero-order valence-corrected chi connectivity index (χ0v) is 15.7. The van der Waals surface area contributed by atoms with Crippen LogP contribution in [0.3, 0.4) is 0 Å². The van der Waals surface area contributed by atoms with Crippen molar-refractivity contribution in [2.45, 2.75) is 27.7 Å². The van der Waals surface area contributed by atoms with E-state index in [-0.39, 0.29) is 0 Å². The zero-order valence-electron chi connectivity index (χ0n) is 15.7. The first-order chi connectivity index (χ1) is 12.2. The lowest BCUT2D eigenvalue weighted by Crippen LogP contribution is -2.30. The van der Waals surface area contributed by atoms with Crippen LogP contribution in [-0.2, 0) is 0 Å². The SMILES string of the molecule is C=C(C)/C(=C\C=C/C)NC(CNc1ncnc2[nH]ccc12)=NC.CC. The molecule has 0 radical (unpaired) electrons. The number of allylic oxidation sites excluding steroid dienone is 4. The molecular formula is C19H28N6. The lowest BCUT2D eigenvalue weighted by atomic mass is 10.2. The fourth-order valence-corrected chi connectivity index (χ4v) is 2.00. The van der Waals surface area contributed by atoms with Crippen LogP contribution in [0.5, 0.6) is 0 Å². The van der Waals surface area contributed by atoms with Crippen LogP contribution in [-0.4, -0.2) is 34.4 Å². The third-order valence-corrected chi connectivity index (χ3v) is 3.24. The molecule has 0 saturated carbocycles. The predicted octanol–water partition coefficient (Wildman–Crippen LogP) is 4.05. The Hall–Kier alpha value is -2.89. The molecule has 0 spiro atoms. The topological polar surface area (TPSA) is 78.0 Å². The van der Waals surface area contributed by atoms with E-state index in [1.807, 2.05) is 58.2 Å². The summed E-state index contributed by atoms with van der Waals surface area (Å²) in [4.78, 5) is 15.8. The number of hydrogen-bond donors (Lipinski definition) is 3. The van der Waals surface area contributed by atoms with Gasteiger partial charge in [-0.1, -0.05) is 32.6 Å². The van der Waals surface area contributed by atoms with Crippen LogP contribution in [0.15, 0.2) is 59.7 Å². The first-order valence-corrected chi connectivity index (χ1v) is 8.39. The lowest BCUT2D eigenvalue weighted by molar-refractivity contribution is 1.07. The highest BCUT2D eigenvalue weighted by Gasteiger charge is 2.06. The second-order valence-electron chi connectivity index (χ2n) is 5.00. The molecule has 0 aromatic carbocycles. The van der Waals surface area contributed by atoms with Gasteiger partial charge in [0.1, 0.15) is 23.6 Å². The average molecular weight is 340 g/mol. The van der Waals surface area contributed by atoms with Gasteiger partial charge in [0.2, 0.25) is 0 Å². The second kappa shape index (κ2) is 10.8. The number of fused-ring (bicyclic) bond motifs is 1. The fraction of sp³-hybridized carbons (Fsp3) is 0.316. The van der Waals surface area contributed by atoms with Gasteiger partial charge in [0.05, 0.1) is 11.9 Å². The number of amidine groups is 1. The van der Waals surface area contributed by atoms with Crippen molar-refractivity contribution in [3.8, 4) is 0 Å². The molecule has 3 N–H and O–H groups in total. The number of hydrogen-bond acceptors (Lipinski definition) is 4. The smallest absolute Gasteiger partial charge is 0.142 e. The van der Waals surface area contributed by atoms with Crippen molar-refractivity contribution in [3.05, 3.63) is 54.7 Å². The molecule has 0 aliphatic carbocycles. The van der Waals surface area contributed by atoms with E-state index in [1.165, 1.54) is 6.33 Å². The molecule has 2 heterocycles. The Labute approximate surface area is 149 Å². The fourth-order valence-electron chi connectivity index (χ4n) is 2.00. The van der Waals surface area contributed by atoms with Crippen LogP contribution >= 0.6 is 0 Å². The number of aromatic amines is 1. The molecule has 2 aromatic rings. The van der Waals surface area contributed by atoms with E-state index < -0.39 is 0 Å². The third kappa shape index (κ3) is 5.91. The average Bonchev–Trinajstić information content (AvgIpc) is 3.12. The number of aliphatic imine (C=N–C) groups is 1. The largest absolute Gasteiger partial charge is 0.362 e. The van der Waals surface area contributed by atoms with Gasteiger partial charge in [-0.25, -0.2) is 9.97 Å². The number of nitrogens with one attached hydrogen (secondary N) is 3. The highest BCUT2D eigenvalue weighted by Crippen LogP contribution is 2.16. The van der Waals surface area contributed by atoms with Crippen LogP contribution < -0.4 is 10.6 Å². The van der Waals surface area contributed by atoms with E-state index >= 15 is 0 Å². The molecule has 0 aliphatic rings. The van der Waals surface area contributed by atoms with Crippen LogP contribution in [0, 0.1) is 0 Å². The van der Waals surface area contributed by atoms with Crippen molar-refractivity contribution >= 4 is 22.7 Å². The Morgan fingerprint density at radius 1 is 1.36 bits per heavy atom. The molecule has 2 aromatic heterocycles. The summed E-state index contributed by atoms with van der Waals surface area (Å²) in [5, 5.41) is 7.53. The van der Waals surface area contributed by atoms with Gasteiger partial charge in [-0.05, 0) is 31.6 Å². The summed E-state index contributed by atoms with van der Waals surface area (Å²) in [5.74, 6) is 1.57. The number of nitrogens with zero attached hydrogens (tertiary/aromatic N) is 3. The lowest BCUT2D eigenvalue weighted by Gasteiger charge is -2.14. The quantitative estimate of drug-likeness (QED) is 0.421. The predicted molar refractivity (Wildman–Crippen MR) is 108 cm³/mol. The maximum atomic E-state index is 4.29. The molecule has 0 bridgehead atoms. The summed E-state index contributed by atoms with van der Waals surface area (Å²) in [6.07, 6.45) is 9.28. The van der Waals surface area contributed by atoms with Gasteiger partial charge in [0.25, 0.3) is 0 Å². The Kier molecular flexibility index (Phi) is 8.71. The Bertz CT molecular complexity index is 767. The van der Waals surface area contributed by atoms with Crippen molar-refractivity contribution in [1.82, 2.24) is 20.3 Å². The number of aromatic nitrogens is 3. The van der Waals surface area contributed by atoms with Gasteiger partial charge in [0.15, 0.2) is 0 Å². The molecule has 134 valence electrons. The maximum absolute atomic E-state index is 4.29. The molecule has 6 nitrogen and oxygen atoms in total. The van der Waals surface area contributed by atoms with Gasteiger partial charge in [0, 0.05) is 18.9 Å². The van der Waals surface area contributed by atoms with Crippen molar-refractivity contribution < 1.29 is 0 Å². The summed E-state index contributed by atoms with van der Waals surface area (Å²) in [6, 6.07) is 1.94. The number of anilines is 1. The summed E-state index contributed by atoms with van der Waals surface area (Å²) in [5.41, 5.74) is 2.68. The van der Waals surface area contributed by atoms with Crippen molar-refractivity contribution in [3.63, 3.8) is 0 Å². The standard InChI is InChI=1S/C17H22N6.C2H6/c1-5-6-7-14(12(2)3)23-15(18-4)10-20-17-13-8-9-19-16(13)21-11-22-17;1-2/h5-9,11H,2,10H2,1,3-4H3,(H,18,23)(H2,19,20,21,22);1-2H3/b6-5-,14-7+;. The minimum Gasteiger partial charge on any atom is -0.362 e. The van der Waals surface area contributed by atoms with Crippen molar-refractivity contribution in [2.24, 2.45) is 4.99 Å². The summed E-state index contributed by atoms with van der Waals surface area (Å²) in [6.45, 7) is 12.4. The summed E-state index contributed by atoms with van der Waals surface area (Å²) in [7, 11) is 1.75. The van der Waals surface area contributed by atoms with Crippen molar-refractivity contribution in [1.29, 1.82) is 0 Å². The van der Waals surface area contributed by atoms with E-state index in [0.29, 0.717) is 6.54 Å². The van der Waals surface area contributed by atoms with E-state index in [4.69, 9.17) is 0 Å². The summed E-state index contributed by atoms with van der Waals surface area (Å²) < 4.78 is 0. The van der Waals surface area contributed by atoms with Crippen LogP contribution in [0.1, 0.15) is 27.7 Å². The minimum absolute atomic E-state index is 0.522. The van der Waals surface area contributed by atoms with Crippen molar-refractivity contribution in [2.75, 3.05) is 18.9 Å². The maximum Gasteiger partial charge on any atom is 0.142 e. The summed E-state index contributed by atoms with van der Waals surface area (Å²) >= 11 is 0. The molecule has 0 amide bonds.